The highest BCUT2D eigenvalue weighted by Crippen LogP contribution is 2.25. The fraction of sp³-hybridized carbons (Fsp3) is 0.625. The van der Waals surface area contributed by atoms with Crippen molar-refractivity contribution in [2.75, 3.05) is 40.9 Å². The van der Waals surface area contributed by atoms with Gasteiger partial charge in [-0.05, 0) is 39.0 Å². The van der Waals surface area contributed by atoms with E-state index in [4.69, 9.17) is 4.74 Å². The van der Waals surface area contributed by atoms with E-state index < -0.39 is 0 Å². The number of likely N-dealkylation sites (N-methyl/N-ethyl adjacent to an activating group) is 1. The van der Waals surface area contributed by atoms with Gasteiger partial charge in [-0.1, -0.05) is 18.2 Å². The van der Waals surface area contributed by atoms with Gasteiger partial charge in [0.25, 0.3) is 0 Å². The van der Waals surface area contributed by atoms with E-state index in [9.17, 15) is 5.11 Å². The summed E-state index contributed by atoms with van der Waals surface area (Å²) in [5.41, 5.74) is 1.23. The fourth-order valence-electron chi connectivity index (χ4n) is 3.06. The van der Waals surface area contributed by atoms with Crippen LogP contribution in [0.5, 0.6) is 5.75 Å². The van der Waals surface area contributed by atoms with Crippen LogP contribution in [-0.4, -0.2) is 61.8 Å². The predicted molar refractivity (Wildman–Crippen MR) is 80.9 cm³/mol. The molecule has 20 heavy (non-hydrogen) atoms. The molecule has 0 saturated carbocycles. The summed E-state index contributed by atoms with van der Waals surface area (Å²) in [5, 5.41) is 9.50. The van der Waals surface area contributed by atoms with Crippen molar-refractivity contribution < 1.29 is 9.84 Å². The molecule has 1 N–H and O–H groups in total. The maximum atomic E-state index is 9.50. The van der Waals surface area contributed by atoms with Crippen molar-refractivity contribution in [3.63, 3.8) is 0 Å². The van der Waals surface area contributed by atoms with E-state index in [-0.39, 0.29) is 6.61 Å². The average Bonchev–Trinajstić information content (AvgIpc) is 2.47. The predicted octanol–water partition coefficient (Wildman–Crippen LogP) is 1.44. The van der Waals surface area contributed by atoms with E-state index in [1.54, 1.807) is 7.11 Å². The SMILES string of the molecule is COc1ccccc1CN1CC[C@H](CO)[C@H](N(C)C)C1. The average molecular weight is 278 g/mol. The van der Waals surface area contributed by atoms with Crippen LogP contribution in [0.25, 0.3) is 0 Å². The highest BCUT2D eigenvalue weighted by Gasteiger charge is 2.30. The van der Waals surface area contributed by atoms with Crippen LogP contribution in [-0.2, 0) is 6.54 Å². The van der Waals surface area contributed by atoms with Gasteiger partial charge in [0.15, 0.2) is 0 Å². The van der Waals surface area contributed by atoms with Gasteiger partial charge < -0.3 is 14.7 Å². The normalized spacial score (nSPS) is 24.1. The Morgan fingerprint density at radius 1 is 1.35 bits per heavy atom. The van der Waals surface area contributed by atoms with E-state index in [0.717, 1.165) is 31.8 Å². The molecule has 4 nitrogen and oxygen atoms in total. The van der Waals surface area contributed by atoms with Crippen LogP contribution in [0.15, 0.2) is 24.3 Å². The molecular formula is C16H26N2O2. The molecule has 0 unspecified atom stereocenters. The van der Waals surface area contributed by atoms with Crippen LogP contribution < -0.4 is 4.74 Å². The number of likely N-dealkylation sites (tertiary alicyclic amines) is 1. The third-order valence-corrected chi connectivity index (χ3v) is 4.29. The van der Waals surface area contributed by atoms with E-state index in [2.05, 4.69) is 36.0 Å². The van der Waals surface area contributed by atoms with E-state index >= 15 is 0 Å². The molecule has 112 valence electrons. The second kappa shape index (κ2) is 7.07. The minimum atomic E-state index is 0.283. The number of rotatable bonds is 5. The second-order valence-corrected chi connectivity index (χ2v) is 5.81. The number of piperidine rings is 1. The molecule has 1 aromatic rings. The molecule has 0 aromatic heterocycles. The smallest absolute Gasteiger partial charge is 0.123 e. The summed E-state index contributed by atoms with van der Waals surface area (Å²) in [5.74, 6) is 1.34. The largest absolute Gasteiger partial charge is 0.496 e. The van der Waals surface area contributed by atoms with Crippen molar-refractivity contribution >= 4 is 0 Å². The van der Waals surface area contributed by atoms with Gasteiger partial charge in [0.2, 0.25) is 0 Å². The van der Waals surface area contributed by atoms with Crippen LogP contribution in [0.1, 0.15) is 12.0 Å². The van der Waals surface area contributed by atoms with Crippen molar-refractivity contribution in [2.24, 2.45) is 5.92 Å². The van der Waals surface area contributed by atoms with Gasteiger partial charge in [-0.3, -0.25) is 4.90 Å². The Hall–Kier alpha value is -1.10. The highest BCUT2D eigenvalue weighted by atomic mass is 16.5. The zero-order valence-corrected chi connectivity index (χ0v) is 12.7. The summed E-state index contributed by atoms with van der Waals surface area (Å²) in [6, 6.07) is 8.62. The lowest BCUT2D eigenvalue weighted by atomic mass is 9.91. The van der Waals surface area contributed by atoms with Gasteiger partial charge in [-0.25, -0.2) is 0 Å². The summed E-state index contributed by atoms with van der Waals surface area (Å²) in [4.78, 5) is 4.68. The lowest BCUT2D eigenvalue weighted by Gasteiger charge is -2.41. The molecule has 0 spiro atoms. The minimum Gasteiger partial charge on any atom is -0.496 e. The van der Waals surface area contributed by atoms with E-state index in [1.807, 2.05) is 12.1 Å². The van der Waals surface area contributed by atoms with Crippen molar-refractivity contribution in [1.82, 2.24) is 9.80 Å². The van der Waals surface area contributed by atoms with Gasteiger partial charge in [0, 0.05) is 31.3 Å². The van der Waals surface area contributed by atoms with Gasteiger partial charge in [-0.15, -0.1) is 0 Å². The van der Waals surface area contributed by atoms with Crippen molar-refractivity contribution in [1.29, 1.82) is 0 Å². The van der Waals surface area contributed by atoms with Gasteiger partial charge >= 0.3 is 0 Å². The fourth-order valence-corrected chi connectivity index (χ4v) is 3.06. The molecule has 1 saturated heterocycles. The Morgan fingerprint density at radius 2 is 2.10 bits per heavy atom. The summed E-state index contributed by atoms with van der Waals surface area (Å²) < 4.78 is 5.43. The zero-order valence-electron chi connectivity index (χ0n) is 12.7. The molecular weight excluding hydrogens is 252 g/mol. The minimum absolute atomic E-state index is 0.283. The summed E-state index contributed by atoms with van der Waals surface area (Å²) in [6.45, 7) is 3.22. The third-order valence-electron chi connectivity index (χ3n) is 4.29. The Kier molecular flexibility index (Phi) is 5.40. The maximum Gasteiger partial charge on any atom is 0.123 e. The first kappa shape index (κ1) is 15.3. The Bertz CT molecular complexity index is 423. The highest BCUT2D eigenvalue weighted by molar-refractivity contribution is 5.33. The lowest BCUT2D eigenvalue weighted by molar-refractivity contribution is 0.0458. The van der Waals surface area contributed by atoms with Gasteiger partial charge in [0.1, 0.15) is 5.75 Å². The van der Waals surface area contributed by atoms with Crippen LogP contribution in [0, 0.1) is 5.92 Å². The molecule has 1 aromatic carbocycles. The molecule has 1 fully saturated rings. The topological polar surface area (TPSA) is 35.9 Å². The van der Waals surface area contributed by atoms with Crippen LogP contribution in [0.3, 0.4) is 0 Å². The van der Waals surface area contributed by atoms with Gasteiger partial charge in [0.05, 0.1) is 7.11 Å². The molecule has 0 aliphatic carbocycles. The number of ether oxygens (including phenoxy) is 1. The van der Waals surface area contributed by atoms with Crippen molar-refractivity contribution in [3.8, 4) is 5.75 Å². The van der Waals surface area contributed by atoms with E-state index in [1.165, 1.54) is 5.56 Å². The Morgan fingerprint density at radius 3 is 2.75 bits per heavy atom. The number of para-hydroxylation sites is 1. The first-order valence-electron chi connectivity index (χ1n) is 7.27. The quantitative estimate of drug-likeness (QED) is 0.884. The van der Waals surface area contributed by atoms with Crippen LogP contribution in [0.4, 0.5) is 0 Å². The summed E-state index contributed by atoms with van der Waals surface area (Å²) >= 11 is 0. The Balaban J connectivity index is 2.03. The number of aliphatic hydroxyl groups is 1. The number of benzene rings is 1. The molecule has 2 rings (SSSR count). The molecule has 1 aliphatic rings. The standard InChI is InChI=1S/C16H26N2O2/c1-17(2)15-11-18(9-8-14(15)12-19)10-13-6-4-5-7-16(13)20-3/h4-7,14-15,19H,8-12H2,1-3H3/t14-,15-/m1/s1. The molecule has 2 atom stereocenters. The van der Waals surface area contributed by atoms with Gasteiger partial charge in [-0.2, -0.15) is 0 Å². The molecule has 0 radical (unpaired) electrons. The first-order chi connectivity index (χ1) is 9.65. The number of hydrogen-bond acceptors (Lipinski definition) is 4. The molecule has 0 bridgehead atoms. The second-order valence-electron chi connectivity index (χ2n) is 5.81. The van der Waals surface area contributed by atoms with Crippen molar-refractivity contribution in [2.45, 2.75) is 19.0 Å². The summed E-state index contributed by atoms with van der Waals surface area (Å²) in [7, 11) is 5.92. The van der Waals surface area contributed by atoms with Crippen LogP contribution >= 0.6 is 0 Å². The number of methoxy groups -OCH3 is 1. The molecule has 0 amide bonds. The number of aliphatic hydroxyl groups excluding tert-OH is 1. The van der Waals surface area contributed by atoms with Crippen LogP contribution in [0.2, 0.25) is 0 Å². The monoisotopic (exact) mass is 278 g/mol. The lowest BCUT2D eigenvalue weighted by Crippen LogP contribution is -2.51. The first-order valence-corrected chi connectivity index (χ1v) is 7.27. The number of hydrogen-bond donors (Lipinski definition) is 1. The zero-order chi connectivity index (χ0) is 14.5. The Labute approximate surface area is 122 Å². The number of nitrogens with zero attached hydrogens (tertiary/aromatic N) is 2. The maximum absolute atomic E-state index is 9.50. The molecule has 1 aliphatic heterocycles. The molecule has 1 heterocycles. The summed E-state index contributed by atoms with van der Waals surface area (Å²) in [6.07, 6.45) is 1.05. The van der Waals surface area contributed by atoms with E-state index in [0.29, 0.717) is 12.0 Å². The third kappa shape index (κ3) is 3.51. The van der Waals surface area contributed by atoms with Crippen molar-refractivity contribution in [3.05, 3.63) is 29.8 Å². The molecule has 4 heteroatoms.